The van der Waals surface area contributed by atoms with Crippen LogP contribution in [0.25, 0.3) is 0 Å². The molecule has 0 spiro atoms. The lowest BCUT2D eigenvalue weighted by Gasteiger charge is -2.10. The van der Waals surface area contributed by atoms with Crippen molar-refractivity contribution in [2.45, 2.75) is 32.1 Å². The average molecular weight is 196 g/mol. The van der Waals surface area contributed by atoms with E-state index in [-0.39, 0.29) is 6.61 Å². The Kier molecular flexibility index (Phi) is 5.53. The lowest BCUT2D eigenvalue weighted by Crippen LogP contribution is -2.33. The highest BCUT2D eigenvalue weighted by molar-refractivity contribution is 5.75. The number of unbranched alkanes of at least 4 members (excludes halogenated alkanes) is 2. The molecule has 13 heavy (non-hydrogen) atoms. The molecule has 0 aliphatic carbocycles. The molecule has 0 aromatic heterocycles. The summed E-state index contributed by atoms with van der Waals surface area (Å²) < 4.78 is 29.2. The first-order chi connectivity index (χ1) is 6.00. The number of alkyl halides is 2. The summed E-state index contributed by atoms with van der Waals surface area (Å²) >= 11 is 0. The largest absolute Gasteiger partial charge is 0.477 e. The molecule has 78 valence electrons. The summed E-state index contributed by atoms with van der Waals surface area (Å²) in [6.07, 6.45) is 2.56. The summed E-state index contributed by atoms with van der Waals surface area (Å²) in [5, 5.41) is 8.01. The number of hydrogen-bond donors (Lipinski definition) is 1. The van der Waals surface area contributed by atoms with Crippen LogP contribution in [-0.4, -0.2) is 30.2 Å². The number of rotatable bonds is 7. The standard InChI is InChI=1S/C8H14F2O3/c1-2-3-4-5-13-6-8(9,10)7(11)12/h2-6H2,1H3,(H,11,12). The van der Waals surface area contributed by atoms with Crippen LogP contribution in [0.2, 0.25) is 0 Å². The molecule has 0 aliphatic rings. The number of hydrogen-bond acceptors (Lipinski definition) is 2. The van der Waals surface area contributed by atoms with Gasteiger partial charge in [-0.15, -0.1) is 0 Å². The molecule has 0 rings (SSSR count). The van der Waals surface area contributed by atoms with Gasteiger partial charge in [0, 0.05) is 6.61 Å². The molecular formula is C8H14F2O3. The van der Waals surface area contributed by atoms with Gasteiger partial charge in [0.25, 0.3) is 0 Å². The summed E-state index contributed by atoms with van der Waals surface area (Å²) in [5.41, 5.74) is 0. The smallest absolute Gasteiger partial charge is 0.377 e. The van der Waals surface area contributed by atoms with E-state index in [4.69, 9.17) is 5.11 Å². The third-order valence-corrected chi connectivity index (χ3v) is 1.49. The lowest BCUT2D eigenvalue weighted by atomic mass is 10.3. The van der Waals surface area contributed by atoms with E-state index in [0.717, 1.165) is 12.8 Å². The minimum Gasteiger partial charge on any atom is -0.477 e. The van der Waals surface area contributed by atoms with E-state index < -0.39 is 18.5 Å². The van der Waals surface area contributed by atoms with Crippen molar-refractivity contribution in [3.8, 4) is 0 Å². The highest BCUT2D eigenvalue weighted by Gasteiger charge is 2.38. The van der Waals surface area contributed by atoms with Crippen molar-refractivity contribution in [1.29, 1.82) is 0 Å². The Balaban J connectivity index is 3.46. The Bertz CT molecular complexity index is 159. The Labute approximate surface area is 75.7 Å². The lowest BCUT2D eigenvalue weighted by molar-refractivity contribution is -0.173. The molecule has 0 saturated carbocycles. The molecule has 0 aromatic carbocycles. The fourth-order valence-electron chi connectivity index (χ4n) is 0.716. The van der Waals surface area contributed by atoms with E-state index in [1.54, 1.807) is 0 Å². The van der Waals surface area contributed by atoms with Crippen molar-refractivity contribution >= 4 is 5.97 Å². The highest BCUT2D eigenvalue weighted by atomic mass is 19.3. The second-order valence-electron chi connectivity index (χ2n) is 2.77. The monoisotopic (exact) mass is 196 g/mol. The number of carbonyl (C=O) groups is 1. The van der Waals surface area contributed by atoms with Crippen molar-refractivity contribution in [2.24, 2.45) is 0 Å². The molecule has 0 aliphatic heterocycles. The Morgan fingerprint density at radius 1 is 1.46 bits per heavy atom. The first kappa shape index (κ1) is 12.3. The van der Waals surface area contributed by atoms with Gasteiger partial charge in [-0.2, -0.15) is 8.78 Å². The molecule has 0 heterocycles. The molecule has 0 atom stereocenters. The van der Waals surface area contributed by atoms with Crippen molar-refractivity contribution in [3.63, 3.8) is 0 Å². The molecule has 5 heteroatoms. The van der Waals surface area contributed by atoms with Gasteiger partial charge in [0.2, 0.25) is 0 Å². The van der Waals surface area contributed by atoms with Crippen LogP contribution < -0.4 is 0 Å². The van der Waals surface area contributed by atoms with Crippen LogP contribution in [0.3, 0.4) is 0 Å². The van der Waals surface area contributed by atoms with Crippen LogP contribution in [0.5, 0.6) is 0 Å². The van der Waals surface area contributed by atoms with E-state index in [0.29, 0.717) is 6.42 Å². The maximum Gasteiger partial charge on any atom is 0.377 e. The third kappa shape index (κ3) is 5.52. The Hall–Kier alpha value is -0.710. The fourth-order valence-corrected chi connectivity index (χ4v) is 0.716. The van der Waals surface area contributed by atoms with E-state index in [1.807, 2.05) is 6.92 Å². The van der Waals surface area contributed by atoms with Gasteiger partial charge in [-0.05, 0) is 6.42 Å². The molecule has 0 radical (unpaired) electrons. The molecule has 0 aromatic rings. The Morgan fingerprint density at radius 2 is 2.08 bits per heavy atom. The minimum atomic E-state index is -3.76. The molecule has 0 bridgehead atoms. The zero-order chi connectivity index (χ0) is 10.3. The maximum atomic E-state index is 12.3. The van der Waals surface area contributed by atoms with Crippen LogP contribution in [0.4, 0.5) is 8.78 Å². The predicted octanol–water partition coefficient (Wildman–Crippen LogP) is 1.91. The van der Waals surface area contributed by atoms with Gasteiger partial charge >= 0.3 is 11.9 Å². The van der Waals surface area contributed by atoms with E-state index >= 15 is 0 Å². The van der Waals surface area contributed by atoms with Gasteiger partial charge in [0.1, 0.15) is 6.61 Å². The molecule has 0 saturated heterocycles. The van der Waals surface area contributed by atoms with E-state index in [9.17, 15) is 13.6 Å². The molecule has 3 nitrogen and oxygen atoms in total. The van der Waals surface area contributed by atoms with Crippen molar-refractivity contribution in [3.05, 3.63) is 0 Å². The summed E-state index contributed by atoms with van der Waals surface area (Å²) in [7, 11) is 0. The van der Waals surface area contributed by atoms with Gasteiger partial charge in [0.15, 0.2) is 0 Å². The number of halogens is 2. The molecular weight excluding hydrogens is 182 g/mol. The average Bonchev–Trinajstić information content (AvgIpc) is 2.03. The van der Waals surface area contributed by atoms with Crippen LogP contribution in [-0.2, 0) is 9.53 Å². The van der Waals surface area contributed by atoms with Gasteiger partial charge < -0.3 is 9.84 Å². The fraction of sp³-hybridized carbons (Fsp3) is 0.875. The Morgan fingerprint density at radius 3 is 2.54 bits per heavy atom. The number of carboxylic acids is 1. The van der Waals surface area contributed by atoms with Gasteiger partial charge in [-0.3, -0.25) is 0 Å². The second kappa shape index (κ2) is 5.85. The van der Waals surface area contributed by atoms with Crippen molar-refractivity contribution in [1.82, 2.24) is 0 Å². The number of ether oxygens (including phenoxy) is 1. The number of aliphatic carboxylic acids is 1. The van der Waals surface area contributed by atoms with Crippen molar-refractivity contribution < 1.29 is 23.4 Å². The van der Waals surface area contributed by atoms with Gasteiger partial charge in [-0.1, -0.05) is 19.8 Å². The van der Waals surface area contributed by atoms with E-state index in [2.05, 4.69) is 4.74 Å². The summed E-state index contributed by atoms with van der Waals surface area (Å²) in [6, 6.07) is 0. The molecule has 0 amide bonds. The summed E-state index contributed by atoms with van der Waals surface area (Å²) in [6.45, 7) is 1.13. The summed E-state index contributed by atoms with van der Waals surface area (Å²) in [5.74, 6) is -5.89. The zero-order valence-electron chi connectivity index (χ0n) is 7.56. The van der Waals surface area contributed by atoms with Crippen LogP contribution in [0.1, 0.15) is 26.2 Å². The molecule has 0 unspecified atom stereocenters. The first-order valence-corrected chi connectivity index (χ1v) is 4.19. The van der Waals surface area contributed by atoms with Gasteiger partial charge in [-0.25, -0.2) is 4.79 Å². The predicted molar refractivity (Wildman–Crippen MR) is 42.9 cm³/mol. The molecule has 1 N–H and O–H groups in total. The quantitative estimate of drug-likeness (QED) is 0.632. The first-order valence-electron chi connectivity index (χ1n) is 4.19. The van der Waals surface area contributed by atoms with Crippen LogP contribution in [0, 0.1) is 0 Å². The second-order valence-corrected chi connectivity index (χ2v) is 2.77. The number of carboxylic acid groups (broad SMARTS) is 1. The highest BCUT2D eigenvalue weighted by Crippen LogP contribution is 2.13. The zero-order valence-corrected chi connectivity index (χ0v) is 7.56. The topological polar surface area (TPSA) is 46.5 Å². The van der Waals surface area contributed by atoms with Crippen LogP contribution in [0.15, 0.2) is 0 Å². The van der Waals surface area contributed by atoms with E-state index in [1.165, 1.54) is 0 Å². The van der Waals surface area contributed by atoms with Crippen LogP contribution >= 0.6 is 0 Å². The molecule has 0 fully saturated rings. The summed E-state index contributed by atoms with van der Waals surface area (Å²) in [4.78, 5) is 9.91. The van der Waals surface area contributed by atoms with Gasteiger partial charge in [0.05, 0.1) is 0 Å². The normalized spacial score (nSPS) is 11.6. The van der Waals surface area contributed by atoms with Crippen molar-refractivity contribution in [2.75, 3.05) is 13.2 Å². The third-order valence-electron chi connectivity index (χ3n) is 1.49. The minimum absolute atomic E-state index is 0.191. The SMILES string of the molecule is CCCCCOCC(F)(F)C(=O)O. The maximum absolute atomic E-state index is 12.3.